The van der Waals surface area contributed by atoms with Crippen molar-refractivity contribution in [1.29, 1.82) is 0 Å². The summed E-state index contributed by atoms with van der Waals surface area (Å²) in [6, 6.07) is 0. The number of hydrogen-bond acceptors (Lipinski definition) is 7. The Morgan fingerprint density at radius 2 is 1.46 bits per heavy atom. The minimum Gasteiger partial charge on any atom is -0.462 e. The molecule has 0 heterocycles. The fourth-order valence-electron chi connectivity index (χ4n) is 1.94. The van der Waals surface area contributed by atoms with Gasteiger partial charge in [0, 0.05) is 20.3 Å². The van der Waals surface area contributed by atoms with Crippen LogP contribution in [-0.4, -0.2) is 37.2 Å². The van der Waals surface area contributed by atoms with E-state index in [4.69, 9.17) is 19.9 Å². The Labute approximate surface area is 143 Å². The number of esters is 3. The fourth-order valence-corrected chi connectivity index (χ4v) is 1.94. The van der Waals surface area contributed by atoms with Crippen LogP contribution in [0.4, 0.5) is 0 Å². The summed E-state index contributed by atoms with van der Waals surface area (Å²) in [5.74, 6) is -1.35. The van der Waals surface area contributed by atoms with Crippen LogP contribution in [0.3, 0.4) is 0 Å². The highest BCUT2D eigenvalue weighted by Gasteiger charge is 2.17. The Kier molecular flexibility index (Phi) is 13.3. The number of carbonyl (C=O) groups excluding carboxylic acids is 3. The van der Waals surface area contributed by atoms with E-state index in [9.17, 15) is 14.4 Å². The van der Waals surface area contributed by atoms with E-state index in [1.54, 1.807) is 6.20 Å². The second kappa shape index (κ2) is 14.5. The van der Waals surface area contributed by atoms with Crippen LogP contribution in [0.25, 0.3) is 0 Å². The number of allylic oxidation sites excluding steroid dienone is 1. The summed E-state index contributed by atoms with van der Waals surface area (Å²) >= 11 is 0. The summed E-state index contributed by atoms with van der Waals surface area (Å²) in [6.07, 6.45) is 8.91. The van der Waals surface area contributed by atoms with Crippen LogP contribution in [0.1, 0.15) is 58.8 Å². The molecule has 0 fully saturated rings. The van der Waals surface area contributed by atoms with Gasteiger partial charge < -0.3 is 19.9 Å². The topological polar surface area (TPSA) is 105 Å². The molecule has 0 aromatic rings. The predicted octanol–water partition coefficient (Wildman–Crippen LogP) is 2.23. The summed E-state index contributed by atoms with van der Waals surface area (Å²) in [5.41, 5.74) is 5.25. The van der Waals surface area contributed by atoms with Gasteiger partial charge in [-0.15, -0.1) is 0 Å². The minimum absolute atomic E-state index is 0.122. The van der Waals surface area contributed by atoms with Crippen LogP contribution in [0.15, 0.2) is 12.3 Å². The number of nitrogens with two attached hydrogens (primary N) is 1. The highest BCUT2D eigenvalue weighted by Crippen LogP contribution is 2.09. The Balaban J connectivity index is 3.90. The normalized spacial score (nSPS) is 10.8. The first-order valence-electron chi connectivity index (χ1n) is 8.28. The molecule has 0 unspecified atom stereocenters. The molecular formula is C17H29NO6. The summed E-state index contributed by atoms with van der Waals surface area (Å²) in [6.45, 7) is 2.27. The smallest absolute Gasteiger partial charge is 0.306 e. The number of rotatable bonds is 13. The van der Waals surface area contributed by atoms with Crippen LogP contribution in [0, 0.1) is 0 Å². The van der Waals surface area contributed by atoms with E-state index in [1.165, 1.54) is 13.8 Å². The van der Waals surface area contributed by atoms with Gasteiger partial charge in [0.15, 0.2) is 6.10 Å². The highest BCUT2D eigenvalue weighted by molar-refractivity contribution is 5.70. The van der Waals surface area contributed by atoms with Gasteiger partial charge in [0.05, 0.1) is 0 Å². The van der Waals surface area contributed by atoms with E-state index >= 15 is 0 Å². The maximum Gasteiger partial charge on any atom is 0.306 e. The lowest BCUT2D eigenvalue weighted by Crippen LogP contribution is -2.30. The largest absolute Gasteiger partial charge is 0.462 e. The summed E-state index contributed by atoms with van der Waals surface area (Å²) < 4.78 is 14.8. The van der Waals surface area contributed by atoms with Crippen LogP contribution in [0.2, 0.25) is 0 Å². The maximum atomic E-state index is 11.8. The monoisotopic (exact) mass is 343 g/mol. The van der Waals surface area contributed by atoms with Crippen molar-refractivity contribution in [3.63, 3.8) is 0 Å². The van der Waals surface area contributed by atoms with Crippen molar-refractivity contribution in [2.45, 2.75) is 64.9 Å². The van der Waals surface area contributed by atoms with Crippen molar-refractivity contribution >= 4 is 17.9 Å². The number of unbranched alkanes of at least 4 members (excludes halogenated alkanes) is 5. The third-order valence-corrected chi connectivity index (χ3v) is 3.13. The Hall–Kier alpha value is -2.05. The first-order chi connectivity index (χ1) is 11.5. The lowest BCUT2D eigenvalue weighted by atomic mass is 10.1. The molecule has 138 valence electrons. The Morgan fingerprint density at radius 3 is 2.00 bits per heavy atom. The molecule has 7 heteroatoms. The minimum atomic E-state index is -0.770. The Bertz CT molecular complexity index is 390. The van der Waals surface area contributed by atoms with E-state index < -0.39 is 18.0 Å². The summed E-state index contributed by atoms with van der Waals surface area (Å²) in [5, 5.41) is 0. The molecular weight excluding hydrogens is 314 g/mol. The van der Waals surface area contributed by atoms with E-state index in [0.29, 0.717) is 6.42 Å². The molecule has 0 aromatic heterocycles. The molecule has 0 aliphatic heterocycles. The van der Waals surface area contributed by atoms with Gasteiger partial charge in [0.1, 0.15) is 13.2 Å². The lowest BCUT2D eigenvalue weighted by molar-refractivity contribution is -0.165. The second-order valence-electron chi connectivity index (χ2n) is 5.45. The van der Waals surface area contributed by atoms with Crippen molar-refractivity contribution in [2.75, 3.05) is 13.2 Å². The molecule has 0 aliphatic rings. The molecule has 0 aliphatic carbocycles. The molecule has 0 radical (unpaired) electrons. The van der Waals surface area contributed by atoms with Gasteiger partial charge in [-0.3, -0.25) is 14.4 Å². The first-order valence-corrected chi connectivity index (χ1v) is 8.28. The molecule has 0 amide bonds. The van der Waals surface area contributed by atoms with E-state index in [-0.39, 0.29) is 19.2 Å². The van der Waals surface area contributed by atoms with Gasteiger partial charge in [-0.1, -0.05) is 25.3 Å². The van der Waals surface area contributed by atoms with E-state index in [0.717, 1.165) is 38.5 Å². The molecule has 0 atom stereocenters. The molecule has 7 nitrogen and oxygen atoms in total. The third kappa shape index (κ3) is 14.9. The zero-order valence-electron chi connectivity index (χ0n) is 14.6. The van der Waals surface area contributed by atoms with Gasteiger partial charge in [0.2, 0.25) is 0 Å². The SMILES string of the molecule is CC(=O)OCC(COC(C)=O)OC(=O)CCCCCCC/C=C/N. The zero-order valence-corrected chi connectivity index (χ0v) is 14.6. The molecule has 0 aromatic carbocycles. The second-order valence-corrected chi connectivity index (χ2v) is 5.45. The molecule has 0 saturated heterocycles. The zero-order chi connectivity index (χ0) is 18.2. The number of ether oxygens (including phenoxy) is 3. The lowest BCUT2D eigenvalue weighted by Gasteiger charge is -2.17. The van der Waals surface area contributed by atoms with Crippen molar-refractivity contribution in [1.82, 2.24) is 0 Å². The molecule has 2 N–H and O–H groups in total. The van der Waals surface area contributed by atoms with Gasteiger partial charge in [-0.25, -0.2) is 0 Å². The van der Waals surface area contributed by atoms with Crippen LogP contribution in [-0.2, 0) is 28.6 Å². The average Bonchev–Trinajstić information content (AvgIpc) is 2.52. The standard InChI is InChI=1S/C17H29NO6/c1-14(19)22-12-16(13-23-15(2)20)24-17(21)10-8-6-4-3-5-7-9-11-18/h9,11,16H,3-8,10,12-13,18H2,1-2H3/b11-9+. The molecule has 0 saturated carbocycles. The van der Waals surface area contributed by atoms with Crippen LogP contribution in [0.5, 0.6) is 0 Å². The van der Waals surface area contributed by atoms with Gasteiger partial charge in [-0.2, -0.15) is 0 Å². The fraction of sp³-hybridized carbons (Fsp3) is 0.706. The molecule has 0 rings (SSSR count). The quantitative estimate of drug-likeness (QED) is 0.310. The highest BCUT2D eigenvalue weighted by atomic mass is 16.6. The van der Waals surface area contributed by atoms with Crippen molar-refractivity contribution in [3.8, 4) is 0 Å². The maximum absolute atomic E-state index is 11.8. The number of hydrogen-bond donors (Lipinski definition) is 1. The van der Waals surface area contributed by atoms with E-state index in [2.05, 4.69) is 0 Å². The van der Waals surface area contributed by atoms with Gasteiger partial charge in [0.25, 0.3) is 0 Å². The first kappa shape index (κ1) is 21.9. The molecule has 0 spiro atoms. The van der Waals surface area contributed by atoms with Crippen molar-refractivity contribution < 1.29 is 28.6 Å². The summed E-state index contributed by atoms with van der Waals surface area (Å²) in [7, 11) is 0. The third-order valence-electron chi connectivity index (χ3n) is 3.13. The van der Waals surface area contributed by atoms with Gasteiger partial charge in [-0.05, 0) is 25.5 Å². The van der Waals surface area contributed by atoms with Crippen LogP contribution >= 0.6 is 0 Å². The number of carbonyl (C=O) groups is 3. The van der Waals surface area contributed by atoms with E-state index in [1.807, 2.05) is 6.08 Å². The Morgan fingerprint density at radius 1 is 0.917 bits per heavy atom. The molecule has 24 heavy (non-hydrogen) atoms. The average molecular weight is 343 g/mol. The van der Waals surface area contributed by atoms with Gasteiger partial charge >= 0.3 is 17.9 Å². The summed E-state index contributed by atoms with van der Waals surface area (Å²) in [4.78, 5) is 33.4. The van der Waals surface area contributed by atoms with Crippen molar-refractivity contribution in [3.05, 3.63) is 12.3 Å². The van der Waals surface area contributed by atoms with Crippen LogP contribution < -0.4 is 5.73 Å². The molecule has 0 bridgehead atoms. The van der Waals surface area contributed by atoms with Crippen molar-refractivity contribution in [2.24, 2.45) is 5.73 Å². The predicted molar refractivity (Wildman–Crippen MR) is 88.8 cm³/mol.